The van der Waals surface area contributed by atoms with E-state index in [1.54, 1.807) is 6.20 Å². The average molecular weight is 342 g/mol. The quantitative estimate of drug-likeness (QED) is 0.896. The number of rotatable bonds is 3. The summed E-state index contributed by atoms with van der Waals surface area (Å²) < 4.78 is 0. The molecular formula is C19H26N4O2. The van der Waals surface area contributed by atoms with Gasteiger partial charge >= 0.3 is 0 Å². The summed E-state index contributed by atoms with van der Waals surface area (Å²) in [5, 5.41) is 3.39. The Labute approximate surface area is 148 Å². The summed E-state index contributed by atoms with van der Waals surface area (Å²) in [6.45, 7) is 3.70. The maximum Gasteiger partial charge on any atom is 0.228 e. The monoisotopic (exact) mass is 342 g/mol. The van der Waals surface area contributed by atoms with Crippen LogP contribution in [-0.2, 0) is 9.59 Å². The summed E-state index contributed by atoms with van der Waals surface area (Å²) in [5.74, 6) is 0.634. The molecule has 6 heteroatoms. The summed E-state index contributed by atoms with van der Waals surface area (Å²) in [4.78, 5) is 33.8. The van der Waals surface area contributed by atoms with Gasteiger partial charge in [-0.15, -0.1) is 0 Å². The summed E-state index contributed by atoms with van der Waals surface area (Å²) in [6.07, 6.45) is 7.47. The van der Waals surface area contributed by atoms with Crippen molar-refractivity contribution in [1.29, 1.82) is 0 Å². The van der Waals surface area contributed by atoms with Crippen molar-refractivity contribution in [2.45, 2.75) is 31.7 Å². The molecule has 0 radical (unpaired) electrons. The molecule has 6 nitrogen and oxygen atoms in total. The first-order valence-electron chi connectivity index (χ1n) is 9.44. The van der Waals surface area contributed by atoms with Crippen molar-refractivity contribution in [3.8, 4) is 0 Å². The van der Waals surface area contributed by atoms with Gasteiger partial charge in [0.1, 0.15) is 0 Å². The van der Waals surface area contributed by atoms with E-state index in [1.165, 1.54) is 0 Å². The van der Waals surface area contributed by atoms with E-state index in [-0.39, 0.29) is 29.7 Å². The van der Waals surface area contributed by atoms with Crippen LogP contribution in [0.25, 0.3) is 0 Å². The number of aromatic nitrogens is 1. The fourth-order valence-corrected chi connectivity index (χ4v) is 4.04. The zero-order valence-electron chi connectivity index (χ0n) is 14.6. The van der Waals surface area contributed by atoms with Crippen molar-refractivity contribution < 1.29 is 9.59 Å². The number of pyridine rings is 1. The third kappa shape index (κ3) is 3.54. The Bertz CT molecular complexity index is 632. The van der Waals surface area contributed by atoms with E-state index in [2.05, 4.69) is 10.3 Å². The van der Waals surface area contributed by atoms with Crippen molar-refractivity contribution in [2.75, 3.05) is 32.7 Å². The molecule has 1 aromatic heterocycles. The third-order valence-electron chi connectivity index (χ3n) is 5.60. The van der Waals surface area contributed by atoms with Crippen LogP contribution in [0.1, 0.15) is 37.3 Å². The van der Waals surface area contributed by atoms with Crippen LogP contribution in [0.15, 0.2) is 24.5 Å². The molecule has 3 fully saturated rings. The number of carbonyl (C=O) groups excluding carboxylic acids is 2. The van der Waals surface area contributed by atoms with Crippen molar-refractivity contribution in [3.63, 3.8) is 0 Å². The minimum atomic E-state index is -0.0614. The van der Waals surface area contributed by atoms with Gasteiger partial charge in [0.2, 0.25) is 11.8 Å². The number of nitrogens with one attached hydrogen (secondary N) is 1. The number of hydrogen-bond donors (Lipinski definition) is 1. The fourth-order valence-electron chi connectivity index (χ4n) is 4.04. The number of amides is 2. The van der Waals surface area contributed by atoms with Crippen molar-refractivity contribution in [2.24, 2.45) is 11.8 Å². The first-order chi connectivity index (χ1) is 12.2. The van der Waals surface area contributed by atoms with E-state index in [0.717, 1.165) is 50.9 Å². The van der Waals surface area contributed by atoms with Crippen LogP contribution in [-0.4, -0.2) is 59.3 Å². The summed E-state index contributed by atoms with van der Waals surface area (Å²) in [7, 11) is 0. The molecule has 0 spiro atoms. The minimum absolute atomic E-state index is 0.0319. The standard InChI is InChI=1S/C19H26N4O2/c24-18(14-5-6-14)22-9-2-4-16(13-22)19(25)23-10-8-21-12-17(23)15-3-1-7-20-11-15/h1,3,7,11,14,16-17,21H,2,4-6,8-10,12-13H2. The van der Waals surface area contributed by atoms with E-state index >= 15 is 0 Å². The molecule has 4 rings (SSSR count). The summed E-state index contributed by atoms with van der Waals surface area (Å²) >= 11 is 0. The highest BCUT2D eigenvalue weighted by Gasteiger charge is 2.39. The van der Waals surface area contributed by atoms with Gasteiger partial charge in [0.25, 0.3) is 0 Å². The van der Waals surface area contributed by atoms with Gasteiger partial charge in [-0.2, -0.15) is 0 Å². The maximum atomic E-state index is 13.2. The molecule has 2 aliphatic heterocycles. The van der Waals surface area contributed by atoms with Gasteiger partial charge in [-0.3, -0.25) is 14.6 Å². The molecule has 134 valence electrons. The highest BCUT2D eigenvalue weighted by molar-refractivity contribution is 5.84. The van der Waals surface area contributed by atoms with Crippen LogP contribution in [0, 0.1) is 11.8 Å². The van der Waals surface area contributed by atoms with Crippen LogP contribution >= 0.6 is 0 Å². The first kappa shape index (κ1) is 16.5. The van der Waals surface area contributed by atoms with Gasteiger partial charge in [-0.25, -0.2) is 0 Å². The van der Waals surface area contributed by atoms with Gasteiger partial charge in [-0.05, 0) is 37.3 Å². The molecule has 0 bridgehead atoms. The van der Waals surface area contributed by atoms with Gasteiger partial charge in [0, 0.05) is 51.0 Å². The second kappa shape index (κ2) is 7.12. The molecule has 0 aromatic carbocycles. The molecule has 3 aliphatic rings. The number of carbonyl (C=O) groups is 2. The van der Waals surface area contributed by atoms with Crippen LogP contribution in [0.3, 0.4) is 0 Å². The predicted octanol–water partition coefficient (Wildman–Crippen LogP) is 1.20. The third-order valence-corrected chi connectivity index (χ3v) is 5.60. The van der Waals surface area contributed by atoms with Crippen molar-refractivity contribution in [1.82, 2.24) is 20.1 Å². The zero-order chi connectivity index (χ0) is 17.2. The van der Waals surface area contributed by atoms with Gasteiger partial charge in [0.05, 0.1) is 12.0 Å². The second-order valence-electron chi connectivity index (χ2n) is 7.44. The maximum absolute atomic E-state index is 13.2. The molecule has 2 saturated heterocycles. The average Bonchev–Trinajstić information content (AvgIpc) is 3.53. The van der Waals surface area contributed by atoms with E-state index in [1.807, 2.05) is 28.1 Å². The second-order valence-corrected chi connectivity index (χ2v) is 7.44. The lowest BCUT2D eigenvalue weighted by Gasteiger charge is -2.40. The molecular weight excluding hydrogens is 316 g/mol. The van der Waals surface area contributed by atoms with Crippen molar-refractivity contribution in [3.05, 3.63) is 30.1 Å². The zero-order valence-corrected chi connectivity index (χ0v) is 14.6. The molecule has 1 N–H and O–H groups in total. The number of nitrogens with zero attached hydrogens (tertiary/aromatic N) is 3. The summed E-state index contributed by atoms with van der Waals surface area (Å²) in [5.41, 5.74) is 1.07. The highest BCUT2D eigenvalue weighted by Crippen LogP contribution is 2.33. The molecule has 1 aromatic rings. The van der Waals surface area contributed by atoms with Gasteiger partial charge < -0.3 is 15.1 Å². The fraction of sp³-hybridized carbons (Fsp3) is 0.632. The van der Waals surface area contributed by atoms with E-state index in [4.69, 9.17) is 0 Å². The molecule has 25 heavy (non-hydrogen) atoms. The van der Waals surface area contributed by atoms with E-state index in [9.17, 15) is 9.59 Å². The largest absolute Gasteiger partial charge is 0.342 e. The lowest BCUT2D eigenvalue weighted by atomic mass is 9.94. The Balaban J connectivity index is 1.47. The number of hydrogen-bond acceptors (Lipinski definition) is 4. The lowest BCUT2D eigenvalue weighted by Crippen LogP contribution is -2.53. The predicted molar refractivity (Wildman–Crippen MR) is 93.6 cm³/mol. The molecule has 3 heterocycles. The Morgan fingerprint density at radius 1 is 1.12 bits per heavy atom. The number of likely N-dealkylation sites (tertiary alicyclic amines) is 1. The minimum Gasteiger partial charge on any atom is -0.342 e. The lowest BCUT2D eigenvalue weighted by molar-refractivity contribution is -0.143. The Morgan fingerprint density at radius 2 is 2.00 bits per heavy atom. The topological polar surface area (TPSA) is 65.5 Å². The first-order valence-corrected chi connectivity index (χ1v) is 9.44. The molecule has 1 saturated carbocycles. The van der Waals surface area contributed by atoms with Crippen LogP contribution in [0.4, 0.5) is 0 Å². The van der Waals surface area contributed by atoms with Gasteiger partial charge in [0.15, 0.2) is 0 Å². The molecule has 2 unspecified atom stereocenters. The van der Waals surface area contributed by atoms with Gasteiger partial charge in [-0.1, -0.05) is 6.07 Å². The van der Waals surface area contributed by atoms with E-state index < -0.39 is 0 Å². The molecule has 1 aliphatic carbocycles. The van der Waals surface area contributed by atoms with Crippen molar-refractivity contribution >= 4 is 11.8 Å². The Kier molecular flexibility index (Phi) is 4.70. The normalized spacial score (nSPS) is 27.2. The number of piperazine rings is 1. The SMILES string of the molecule is O=C(C1CC1)N1CCCC(C(=O)N2CCNCC2c2cccnc2)C1. The Hall–Kier alpha value is -1.95. The Morgan fingerprint density at radius 3 is 2.76 bits per heavy atom. The smallest absolute Gasteiger partial charge is 0.228 e. The molecule has 2 atom stereocenters. The van der Waals surface area contributed by atoms with E-state index in [0.29, 0.717) is 13.1 Å². The summed E-state index contributed by atoms with van der Waals surface area (Å²) in [6, 6.07) is 3.99. The highest BCUT2D eigenvalue weighted by atomic mass is 16.2. The molecule has 2 amide bonds. The van der Waals surface area contributed by atoms with Crippen LogP contribution in [0.2, 0.25) is 0 Å². The van der Waals surface area contributed by atoms with Crippen LogP contribution in [0.5, 0.6) is 0 Å². The number of piperidine rings is 1. The van der Waals surface area contributed by atoms with Crippen LogP contribution < -0.4 is 5.32 Å².